The van der Waals surface area contributed by atoms with Crippen molar-refractivity contribution in [2.45, 2.75) is 58.2 Å². The second kappa shape index (κ2) is 10.6. The zero-order chi connectivity index (χ0) is 23.1. The summed E-state index contributed by atoms with van der Waals surface area (Å²) in [4.78, 5) is 50.0. The Labute approximate surface area is 181 Å². The minimum atomic E-state index is -1.11. The van der Waals surface area contributed by atoms with Crippen LogP contribution in [0.25, 0.3) is 0 Å². The fourth-order valence-electron chi connectivity index (χ4n) is 3.05. The van der Waals surface area contributed by atoms with Crippen molar-refractivity contribution in [3.8, 4) is 5.75 Å². The number of carbonyl (C=O) groups excluding carboxylic acids is 4. The molecule has 0 aromatic heterocycles. The van der Waals surface area contributed by atoms with Crippen LogP contribution >= 0.6 is 0 Å². The smallest absolute Gasteiger partial charge is 0.329 e. The van der Waals surface area contributed by atoms with E-state index in [-0.39, 0.29) is 23.8 Å². The Balaban J connectivity index is 2.17. The van der Waals surface area contributed by atoms with E-state index in [1.165, 1.54) is 6.92 Å². The van der Waals surface area contributed by atoms with Gasteiger partial charge in [0.2, 0.25) is 5.91 Å². The summed E-state index contributed by atoms with van der Waals surface area (Å²) in [6.45, 7) is 8.39. The molecule has 1 saturated heterocycles. The molecule has 9 heteroatoms. The number of phenolic OH excluding ortho intramolecular Hbond substituents is 1. The molecule has 0 spiro atoms. The number of nitrogens with one attached hydrogen (secondary N) is 3. The van der Waals surface area contributed by atoms with Crippen LogP contribution in [0.15, 0.2) is 36.5 Å². The molecule has 3 atom stereocenters. The largest absolute Gasteiger partial charge is 0.508 e. The summed E-state index contributed by atoms with van der Waals surface area (Å²) < 4.78 is 5.31. The Kier molecular flexibility index (Phi) is 8.18. The van der Waals surface area contributed by atoms with Gasteiger partial charge in [0.05, 0.1) is 5.70 Å². The molecule has 1 aliphatic heterocycles. The number of hydrogen-bond donors (Lipinski definition) is 4. The van der Waals surface area contributed by atoms with Gasteiger partial charge in [-0.15, -0.1) is 0 Å². The van der Waals surface area contributed by atoms with Crippen molar-refractivity contribution >= 4 is 23.7 Å². The molecule has 1 aromatic rings. The molecule has 168 valence electrons. The molecule has 0 aliphatic carbocycles. The molecule has 9 nitrogen and oxygen atoms in total. The maximum Gasteiger partial charge on any atom is 0.329 e. The lowest BCUT2D eigenvalue weighted by Gasteiger charge is -2.27. The Morgan fingerprint density at radius 1 is 1.06 bits per heavy atom. The highest BCUT2D eigenvalue weighted by molar-refractivity contribution is 6.01. The number of amides is 3. The first kappa shape index (κ1) is 23.9. The number of esters is 1. The third kappa shape index (κ3) is 6.84. The summed E-state index contributed by atoms with van der Waals surface area (Å²) in [5.41, 5.74) is 0.730. The number of hydrogen-bond acceptors (Lipinski definition) is 6. The first-order valence-electron chi connectivity index (χ1n) is 10.2. The minimum Gasteiger partial charge on any atom is -0.508 e. The number of phenols is 1. The Morgan fingerprint density at radius 2 is 1.71 bits per heavy atom. The number of rotatable bonds is 5. The van der Waals surface area contributed by atoms with E-state index in [0.29, 0.717) is 12.8 Å². The van der Waals surface area contributed by atoms with Crippen molar-refractivity contribution in [3.63, 3.8) is 0 Å². The van der Waals surface area contributed by atoms with E-state index in [0.717, 1.165) is 5.56 Å². The van der Waals surface area contributed by atoms with Gasteiger partial charge in [-0.2, -0.15) is 0 Å². The summed E-state index contributed by atoms with van der Waals surface area (Å²) in [5, 5.41) is 16.8. The van der Waals surface area contributed by atoms with E-state index in [2.05, 4.69) is 22.5 Å². The molecule has 1 fully saturated rings. The quantitative estimate of drug-likeness (QED) is 0.405. The molecule has 4 N–H and O–H groups in total. The van der Waals surface area contributed by atoms with Gasteiger partial charge < -0.3 is 25.8 Å². The van der Waals surface area contributed by atoms with Gasteiger partial charge in [-0.3, -0.25) is 14.4 Å². The number of aromatic hydroxyl groups is 1. The maximum atomic E-state index is 12.8. The van der Waals surface area contributed by atoms with Crippen LogP contribution < -0.4 is 16.0 Å². The highest BCUT2D eigenvalue weighted by atomic mass is 16.5. The second-order valence-electron chi connectivity index (χ2n) is 7.88. The summed E-state index contributed by atoms with van der Waals surface area (Å²) >= 11 is 0. The molecule has 2 rings (SSSR count). The molecule has 0 saturated carbocycles. The first-order chi connectivity index (χ1) is 14.6. The number of benzene rings is 1. The van der Waals surface area contributed by atoms with Gasteiger partial charge in [-0.25, -0.2) is 4.79 Å². The van der Waals surface area contributed by atoms with Gasteiger partial charge in [0.25, 0.3) is 11.8 Å². The minimum absolute atomic E-state index is 0.162. The molecule has 0 radical (unpaired) electrons. The van der Waals surface area contributed by atoms with Crippen LogP contribution in [0.1, 0.15) is 39.2 Å². The van der Waals surface area contributed by atoms with E-state index >= 15 is 0 Å². The molecule has 31 heavy (non-hydrogen) atoms. The van der Waals surface area contributed by atoms with Gasteiger partial charge in [0.1, 0.15) is 17.8 Å². The van der Waals surface area contributed by atoms with E-state index in [1.807, 2.05) is 0 Å². The number of aryl methyl sites for hydroxylation is 1. The monoisotopic (exact) mass is 431 g/mol. The predicted molar refractivity (Wildman–Crippen MR) is 113 cm³/mol. The normalized spacial score (nSPS) is 23.2. The zero-order valence-electron chi connectivity index (χ0n) is 17.9. The zero-order valence-corrected chi connectivity index (χ0v) is 17.9. The van der Waals surface area contributed by atoms with Crippen molar-refractivity contribution in [2.24, 2.45) is 5.92 Å². The fourth-order valence-corrected chi connectivity index (χ4v) is 3.05. The molecular weight excluding hydrogens is 402 g/mol. The van der Waals surface area contributed by atoms with Gasteiger partial charge in [-0.1, -0.05) is 32.6 Å². The van der Waals surface area contributed by atoms with Gasteiger partial charge in [0.15, 0.2) is 6.10 Å². The lowest BCUT2D eigenvalue weighted by atomic mass is 10.0. The summed E-state index contributed by atoms with van der Waals surface area (Å²) in [6.07, 6.45) is 0.330. The lowest BCUT2D eigenvalue weighted by molar-refractivity contribution is -0.161. The molecule has 1 heterocycles. The summed E-state index contributed by atoms with van der Waals surface area (Å²) in [6, 6.07) is 4.73. The van der Waals surface area contributed by atoms with Crippen LogP contribution in [0.5, 0.6) is 5.75 Å². The van der Waals surface area contributed by atoms with E-state index in [9.17, 15) is 24.3 Å². The van der Waals surface area contributed by atoms with Crippen molar-refractivity contribution in [2.75, 3.05) is 0 Å². The highest BCUT2D eigenvalue weighted by Crippen LogP contribution is 2.14. The van der Waals surface area contributed by atoms with Crippen LogP contribution in [0.2, 0.25) is 0 Å². The fraction of sp³-hybridized carbons (Fsp3) is 0.455. The van der Waals surface area contributed by atoms with E-state index in [4.69, 9.17) is 4.74 Å². The predicted octanol–water partition coefficient (Wildman–Crippen LogP) is 0.916. The maximum absolute atomic E-state index is 12.8. The molecular formula is C22H29N3O6. The van der Waals surface area contributed by atoms with Crippen LogP contribution in [-0.4, -0.2) is 47.0 Å². The standard InChI is InChI=1S/C22H29N3O6/c1-12(2)18-21(29)25-17(7-5-6-15-8-10-16(26)11-9-15)20(28)23-13(3)19(27)24-14(4)22(30)31-18/h8-12,14,17-18,26H,3,5-7H2,1-2,4H3,(H,23,28)(H,24,27)(H,25,29). The van der Waals surface area contributed by atoms with Gasteiger partial charge in [-0.05, 0) is 49.8 Å². The third-order valence-electron chi connectivity index (χ3n) is 4.88. The Hall–Kier alpha value is -3.36. The number of carbonyl (C=O) groups is 4. The lowest BCUT2D eigenvalue weighted by Crippen LogP contribution is -2.54. The average molecular weight is 431 g/mol. The number of cyclic esters (lactones) is 1. The van der Waals surface area contributed by atoms with Crippen LogP contribution in [-0.2, 0) is 30.3 Å². The Morgan fingerprint density at radius 3 is 2.32 bits per heavy atom. The van der Waals surface area contributed by atoms with Gasteiger partial charge >= 0.3 is 5.97 Å². The summed E-state index contributed by atoms with van der Waals surface area (Å²) in [5.74, 6) is -2.82. The first-order valence-corrected chi connectivity index (χ1v) is 10.2. The Bertz CT molecular complexity index is 849. The molecule has 1 aliphatic rings. The highest BCUT2D eigenvalue weighted by Gasteiger charge is 2.33. The van der Waals surface area contributed by atoms with Crippen molar-refractivity contribution in [1.29, 1.82) is 0 Å². The van der Waals surface area contributed by atoms with Crippen molar-refractivity contribution in [1.82, 2.24) is 16.0 Å². The van der Waals surface area contributed by atoms with E-state index in [1.54, 1.807) is 38.1 Å². The molecule has 0 bridgehead atoms. The topological polar surface area (TPSA) is 134 Å². The second-order valence-corrected chi connectivity index (χ2v) is 7.88. The van der Waals surface area contributed by atoms with Crippen LogP contribution in [0, 0.1) is 5.92 Å². The molecule has 3 amide bonds. The summed E-state index contributed by atoms with van der Waals surface area (Å²) in [7, 11) is 0. The SMILES string of the molecule is C=C1NC(=O)C(CCCc2ccc(O)cc2)NC(=O)C(C(C)C)OC(=O)C(C)NC1=O. The average Bonchev–Trinajstić information content (AvgIpc) is 2.71. The van der Waals surface area contributed by atoms with Gasteiger partial charge in [0, 0.05) is 0 Å². The third-order valence-corrected chi connectivity index (χ3v) is 4.88. The molecule has 3 unspecified atom stereocenters. The van der Waals surface area contributed by atoms with Crippen LogP contribution in [0.3, 0.4) is 0 Å². The molecule has 1 aromatic carbocycles. The van der Waals surface area contributed by atoms with Crippen molar-refractivity contribution in [3.05, 3.63) is 42.1 Å². The number of ether oxygens (including phenoxy) is 1. The van der Waals surface area contributed by atoms with E-state index < -0.39 is 41.9 Å². The van der Waals surface area contributed by atoms with Crippen molar-refractivity contribution < 1.29 is 29.0 Å². The van der Waals surface area contributed by atoms with Crippen LogP contribution in [0.4, 0.5) is 0 Å².